The van der Waals surface area contributed by atoms with E-state index in [1.165, 1.54) is 18.5 Å². The molecule has 0 saturated heterocycles. The molecule has 1 aromatic carbocycles. The van der Waals surface area contributed by atoms with Crippen LogP contribution in [0.4, 0.5) is 5.69 Å². The minimum Gasteiger partial charge on any atom is -0.478 e. The number of carboxylic acids is 1. The molecule has 2 rings (SSSR count). The zero-order valence-corrected chi connectivity index (χ0v) is 13.4. The van der Waals surface area contributed by atoms with Crippen LogP contribution in [0, 0.1) is 5.92 Å². The van der Waals surface area contributed by atoms with Crippen molar-refractivity contribution in [1.29, 1.82) is 0 Å². The lowest BCUT2D eigenvalue weighted by Gasteiger charge is -2.28. The molecule has 0 radical (unpaired) electrons. The van der Waals surface area contributed by atoms with Crippen molar-refractivity contribution < 1.29 is 9.90 Å². The van der Waals surface area contributed by atoms with E-state index >= 15 is 0 Å². The highest BCUT2D eigenvalue weighted by molar-refractivity contribution is 9.10. The maximum absolute atomic E-state index is 10.5. The quantitative estimate of drug-likeness (QED) is 0.792. The van der Waals surface area contributed by atoms with Crippen LogP contribution in [0.2, 0.25) is 0 Å². The van der Waals surface area contributed by atoms with Gasteiger partial charge in [0.05, 0.1) is 5.69 Å². The van der Waals surface area contributed by atoms with Gasteiger partial charge in [-0.2, -0.15) is 0 Å². The van der Waals surface area contributed by atoms with Crippen LogP contribution in [0.3, 0.4) is 0 Å². The van der Waals surface area contributed by atoms with Crippen molar-refractivity contribution in [2.24, 2.45) is 5.92 Å². The third kappa shape index (κ3) is 4.10. The first-order chi connectivity index (χ1) is 9.47. The summed E-state index contributed by atoms with van der Waals surface area (Å²) in [5.41, 5.74) is 2.09. The molecular weight excluding hydrogens is 318 g/mol. The molecule has 0 unspecified atom stereocenters. The van der Waals surface area contributed by atoms with Crippen LogP contribution in [0.5, 0.6) is 0 Å². The van der Waals surface area contributed by atoms with Crippen molar-refractivity contribution in [2.45, 2.75) is 32.7 Å². The van der Waals surface area contributed by atoms with Gasteiger partial charge >= 0.3 is 5.97 Å². The first kappa shape index (κ1) is 15.1. The molecule has 0 atom stereocenters. The Kier molecular flexibility index (Phi) is 4.86. The van der Waals surface area contributed by atoms with Crippen LogP contribution in [0.25, 0.3) is 6.08 Å². The molecule has 1 aliphatic rings. The average Bonchev–Trinajstić information content (AvgIpc) is 3.18. The summed E-state index contributed by atoms with van der Waals surface area (Å²) < 4.78 is 1.03. The molecule has 1 aliphatic carbocycles. The number of benzene rings is 1. The number of carboxylic acid groups (broad SMARTS) is 1. The van der Waals surface area contributed by atoms with Crippen LogP contribution in [0.1, 0.15) is 32.3 Å². The molecule has 1 saturated carbocycles. The number of hydrogen-bond donors (Lipinski definition) is 1. The summed E-state index contributed by atoms with van der Waals surface area (Å²) in [6.07, 6.45) is 5.30. The average molecular weight is 338 g/mol. The van der Waals surface area contributed by atoms with Crippen LogP contribution < -0.4 is 4.90 Å². The third-order valence-electron chi connectivity index (χ3n) is 3.25. The van der Waals surface area contributed by atoms with E-state index < -0.39 is 5.97 Å². The lowest BCUT2D eigenvalue weighted by atomic mass is 10.1. The van der Waals surface area contributed by atoms with Gasteiger partial charge in [0, 0.05) is 23.1 Å². The zero-order valence-electron chi connectivity index (χ0n) is 11.8. The van der Waals surface area contributed by atoms with E-state index in [1.54, 1.807) is 6.08 Å². The number of hydrogen-bond acceptors (Lipinski definition) is 2. The fourth-order valence-electron chi connectivity index (χ4n) is 2.25. The third-order valence-corrected chi connectivity index (χ3v) is 3.88. The summed E-state index contributed by atoms with van der Waals surface area (Å²) in [5, 5.41) is 8.66. The standard InChI is InChI=1S/C16H20BrNO2/c1-11(2)10-18(13-5-6-13)15-7-3-12(9-14(15)17)4-8-16(19)20/h3-4,7-9,11,13H,5-6,10H2,1-2H3,(H,19,20)/b8-4+. The highest BCUT2D eigenvalue weighted by Gasteiger charge is 2.30. The highest BCUT2D eigenvalue weighted by Crippen LogP contribution is 2.36. The summed E-state index contributed by atoms with van der Waals surface area (Å²) >= 11 is 3.62. The second kappa shape index (κ2) is 6.44. The molecule has 0 heterocycles. The van der Waals surface area contributed by atoms with Gasteiger partial charge in [-0.05, 0) is 58.5 Å². The van der Waals surface area contributed by atoms with Gasteiger partial charge in [0.25, 0.3) is 0 Å². The van der Waals surface area contributed by atoms with Crippen LogP contribution in [0.15, 0.2) is 28.7 Å². The SMILES string of the molecule is CC(C)CN(c1ccc(/C=C/C(=O)O)cc1Br)C1CC1. The fourth-order valence-corrected chi connectivity index (χ4v) is 2.88. The smallest absolute Gasteiger partial charge is 0.328 e. The number of anilines is 1. The van der Waals surface area contributed by atoms with Crippen molar-refractivity contribution in [3.63, 3.8) is 0 Å². The Morgan fingerprint density at radius 3 is 2.70 bits per heavy atom. The molecule has 0 aliphatic heterocycles. The molecule has 0 spiro atoms. The van der Waals surface area contributed by atoms with Crippen molar-refractivity contribution >= 4 is 33.7 Å². The van der Waals surface area contributed by atoms with Gasteiger partial charge < -0.3 is 10.0 Å². The normalized spacial score (nSPS) is 15.0. The highest BCUT2D eigenvalue weighted by atomic mass is 79.9. The van der Waals surface area contributed by atoms with Crippen molar-refractivity contribution in [3.05, 3.63) is 34.3 Å². The van der Waals surface area contributed by atoms with E-state index in [-0.39, 0.29) is 0 Å². The first-order valence-corrected chi connectivity index (χ1v) is 7.74. The minimum atomic E-state index is -0.926. The predicted octanol–water partition coefficient (Wildman–Crippen LogP) is 4.17. The van der Waals surface area contributed by atoms with E-state index in [9.17, 15) is 4.79 Å². The van der Waals surface area contributed by atoms with E-state index in [2.05, 4.69) is 40.7 Å². The second-order valence-electron chi connectivity index (χ2n) is 5.66. The molecule has 0 bridgehead atoms. The Bertz CT molecular complexity index is 521. The summed E-state index contributed by atoms with van der Waals surface area (Å²) in [6, 6.07) is 6.68. The molecule has 0 aromatic heterocycles. The van der Waals surface area contributed by atoms with Gasteiger partial charge in [-0.25, -0.2) is 4.79 Å². The van der Waals surface area contributed by atoms with E-state index in [4.69, 9.17) is 5.11 Å². The first-order valence-electron chi connectivity index (χ1n) is 6.94. The number of halogens is 1. The molecular formula is C16H20BrNO2. The zero-order chi connectivity index (χ0) is 14.7. The Morgan fingerprint density at radius 1 is 1.50 bits per heavy atom. The predicted molar refractivity (Wildman–Crippen MR) is 86.0 cm³/mol. The van der Waals surface area contributed by atoms with Gasteiger partial charge in [-0.3, -0.25) is 0 Å². The Morgan fingerprint density at radius 2 is 2.20 bits per heavy atom. The Balaban J connectivity index is 2.21. The largest absolute Gasteiger partial charge is 0.478 e. The van der Waals surface area contributed by atoms with Gasteiger partial charge in [-0.15, -0.1) is 0 Å². The number of aliphatic carboxylic acids is 1. The molecule has 1 aromatic rings. The van der Waals surface area contributed by atoms with Crippen molar-refractivity contribution in [1.82, 2.24) is 0 Å². The second-order valence-corrected chi connectivity index (χ2v) is 6.51. The molecule has 1 N–H and O–H groups in total. The van der Waals surface area contributed by atoms with Crippen molar-refractivity contribution in [3.8, 4) is 0 Å². The van der Waals surface area contributed by atoms with Gasteiger partial charge in [0.2, 0.25) is 0 Å². The van der Waals surface area contributed by atoms with E-state index in [0.717, 1.165) is 22.7 Å². The summed E-state index contributed by atoms with van der Waals surface area (Å²) in [6.45, 7) is 5.51. The molecule has 3 nitrogen and oxygen atoms in total. The maximum atomic E-state index is 10.5. The number of rotatable bonds is 6. The summed E-state index contributed by atoms with van der Waals surface area (Å²) in [5.74, 6) is -0.307. The van der Waals surface area contributed by atoms with E-state index in [0.29, 0.717) is 12.0 Å². The van der Waals surface area contributed by atoms with Crippen LogP contribution in [-0.4, -0.2) is 23.7 Å². The summed E-state index contributed by atoms with van der Waals surface area (Å²) in [7, 11) is 0. The fraction of sp³-hybridized carbons (Fsp3) is 0.438. The van der Waals surface area contributed by atoms with Crippen LogP contribution >= 0.6 is 15.9 Å². The lowest BCUT2D eigenvalue weighted by Crippen LogP contribution is -2.30. The lowest BCUT2D eigenvalue weighted by molar-refractivity contribution is -0.131. The molecule has 108 valence electrons. The van der Waals surface area contributed by atoms with Gasteiger partial charge in [-0.1, -0.05) is 19.9 Å². The minimum absolute atomic E-state index is 0.620. The number of carbonyl (C=O) groups is 1. The molecule has 20 heavy (non-hydrogen) atoms. The molecule has 4 heteroatoms. The van der Waals surface area contributed by atoms with Gasteiger partial charge in [0.15, 0.2) is 0 Å². The maximum Gasteiger partial charge on any atom is 0.328 e. The van der Waals surface area contributed by atoms with E-state index in [1.807, 2.05) is 12.1 Å². The summed E-state index contributed by atoms with van der Waals surface area (Å²) in [4.78, 5) is 13.0. The molecule has 0 amide bonds. The van der Waals surface area contributed by atoms with Crippen molar-refractivity contribution in [2.75, 3.05) is 11.4 Å². The molecule has 1 fully saturated rings. The van der Waals surface area contributed by atoms with Gasteiger partial charge in [0.1, 0.15) is 0 Å². The number of nitrogens with zero attached hydrogens (tertiary/aromatic N) is 1. The Hall–Kier alpha value is -1.29. The van der Waals surface area contributed by atoms with Crippen LogP contribution in [-0.2, 0) is 4.79 Å². The Labute approximate surface area is 128 Å². The monoisotopic (exact) mass is 337 g/mol. The topological polar surface area (TPSA) is 40.5 Å².